The van der Waals surface area contributed by atoms with Gasteiger partial charge in [0.2, 0.25) is 17.6 Å². The van der Waals surface area contributed by atoms with E-state index < -0.39 is 36.4 Å². The molecule has 1 aromatic heterocycles. The number of likely N-dealkylation sites (tertiary alicyclic amines) is 1. The molecule has 2 aromatic rings. The zero-order chi connectivity index (χ0) is 33.7. The van der Waals surface area contributed by atoms with Crippen molar-refractivity contribution in [2.45, 2.75) is 110 Å². The molecule has 1 saturated heterocycles. The van der Waals surface area contributed by atoms with Crippen molar-refractivity contribution in [3.8, 4) is 0 Å². The van der Waals surface area contributed by atoms with Gasteiger partial charge in [-0.1, -0.05) is 32.1 Å². The lowest BCUT2D eigenvalue weighted by molar-refractivity contribution is -0.142. The summed E-state index contributed by atoms with van der Waals surface area (Å²) in [6.45, 7) is 7.09. The number of esters is 1. The Kier molecular flexibility index (Phi) is 11.1. The molecule has 3 amide bonds. The van der Waals surface area contributed by atoms with Crippen LogP contribution < -0.4 is 10.6 Å². The van der Waals surface area contributed by atoms with Gasteiger partial charge in [0.05, 0.1) is 12.6 Å². The smallest absolute Gasteiger partial charge is 0.407 e. The fourth-order valence-corrected chi connectivity index (χ4v) is 7.84. The molecule has 1 aliphatic heterocycles. The van der Waals surface area contributed by atoms with Gasteiger partial charge in [0, 0.05) is 23.5 Å². The first-order valence-electron chi connectivity index (χ1n) is 17.3. The van der Waals surface area contributed by atoms with E-state index >= 15 is 0 Å². The molecule has 2 aliphatic carbocycles. The Morgan fingerprint density at radius 3 is 2.38 bits per heavy atom. The molecule has 3 atom stereocenters. The highest BCUT2D eigenvalue weighted by Crippen LogP contribution is 2.41. The van der Waals surface area contributed by atoms with E-state index in [0.29, 0.717) is 54.8 Å². The van der Waals surface area contributed by atoms with Crippen molar-refractivity contribution in [2.24, 2.45) is 23.7 Å². The van der Waals surface area contributed by atoms with E-state index in [2.05, 4.69) is 10.6 Å². The number of alkyl carbamates (subject to hydrolysis) is 1. The highest BCUT2D eigenvalue weighted by molar-refractivity contribution is 6.00. The molecule has 0 spiro atoms. The van der Waals surface area contributed by atoms with E-state index in [4.69, 9.17) is 13.9 Å². The SMILES string of the molecule is CCOC(=O)c1cc2cc(NC(=O)[C@@H]3[C@H](C4CCCCC4)CCN3C(=O)C3CCC(C(CF)NC(=O)OC(C)(C)C)CC3)ccc2o1. The van der Waals surface area contributed by atoms with Crippen LogP contribution in [0.25, 0.3) is 11.0 Å². The van der Waals surface area contributed by atoms with Gasteiger partial charge < -0.3 is 29.4 Å². The van der Waals surface area contributed by atoms with Crippen molar-refractivity contribution < 1.29 is 37.5 Å². The number of anilines is 1. The Morgan fingerprint density at radius 1 is 1.00 bits per heavy atom. The molecule has 0 bridgehead atoms. The number of carbonyl (C=O) groups is 4. The largest absolute Gasteiger partial charge is 0.460 e. The summed E-state index contributed by atoms with van der Waals surface area (Å²) in [5, 5.41) is 6.43. The first kappa shape index (κ1) is 34.7. The summed E-state index contributed by atoms with van der Waals surface area (Å²) in [5.41, 5.74) is 0.397. The Balaban J connectivity index is 1.27. The maximum Gasteiger partial charge on any atom is 0.407 e. The molecule has 258 valence electrons. The van der Waals surface area contributed by atoms with E-state index in [-0.39, 0.29) is 41.9 Å². The van der Waals surface area contributed by atoms with Crippen molar-refractivity contribution in [2.75, 3.05) is 25.1 Å². The predicted octanol–water partition coefficient (Wildman–Crippen LogP) is 7.01. The standard InChI is InChI=1S/C36H50FN3O7/c1-5-45-34(43)30-20-25-19-26(15-16-29(25)46-30)38-32(41)31-27(22-9-7-6-8-10-22)17-18-40(31)33(42)24-13-11-23(12-14-24)28(21-37)39-35(44)47-36(2,3)4/h15-16,19-20,22-24,27-28,31H,5-14,17-18,21H2,1-4H3,(H,38,41)(H,39,44)/t23?,24?,27-,28?,31-/m0/s1. The third-order valence-electron chi connectivity index (χ3n) is 10.1. The summed E-state index contributed by atoms with van der Waals surface area (Å²) in [5.74, 6) is -0.528. The number of hydrogen-bond donors (Lipinski definition) is 2. The zero-order valence-corrected chi connectivity index (χ0v) is 28.1. The maximum absolute atomic E-state index is 14.1. The van der Waals surface area contributed by atoms with E-state index in [1.54, 1.807) is 56.9 Å². The van der Waals surface area contributed by atoms with Crippen LogP contribution in [0, 0.1) is 23.7 Å². The quantitative estimate of drug-likeness (QED) is 0.278. The summed E-state index contributed by atoms with van der Waals surface area (Å²) in [7, 11) is 0. The number of benzene rings is 1. The molecule has 2 heterocycles. The topological polar surface area (TPSA) is 127 Å². The molecule has 5 rings (SSSR count). The van der Waals surface area contributed by atoms with Crippen LogP contribution in [0.5, 0.6) is 0 Å². The van der Waals surface area contributed by atoms with Crippen LogP contribution in [0.3, 0.4) is 0 Å². The summed E-state index contributed by atoms with van der Waals surface area (Å²) >= 11 is 0. The number of carbonyl (C=O) groups excluding carboxylic acids is 4. The van der Waals surface area contributed by atoms with Crippen LogP contribution >= 0.6 is 0 Å². The lowest BCUT2D eigenvalue weighted by Gasteiger charge is -2.37. The molecule has 0 radical (unpaired) electrons. The third-order valence-corrected chi connectivity index (χ3v) is 10.1. The van der Waals surface area contributed by atoms with Gasteiger partial charge in [-0.25, -0.2) is 14.0 Å². The van der Waals surface area contributed by atoms with Gasteiger partial charge in [-0.05, 0) is 102 Å². The van der Waals surface area contributed by atoms with Crippen LogP contribution in [0.15, 0.2) is 28.7 Å². The van der Waals surface area contributed by atoms with Crippen molar-refractivity contribution >= 4 is 40.5 Å². The van der Waals surface area contributed by atoms with Gasteiger partial charge in [-0.2, -0.15) is 0 Å². The van der Waals surface area contributed by atoms with Gasteiger partial charge in [0.15, 0.2) is 0 Å². The first-order valence-corrected chi connectivity index (χ1v) is 17.3. The number of nitrogens with one attached hydrogen (secondary N) is 2. The van der Waals surface area contributed by atoms with Crippen LogP contribution in [0.1, 0.15) is 102 Å². The summed E-state index contributed by atoms with van der Waals surface area (Å²) in [6, 6.07) is 5.58. The summed E-state index contributed by atoms with van der Waals surface area (Å²) in [6.07, 6.45) is 8.13. The number of amides is 3. The van der Waals surface area contributed by atoms with Gasteiger partial charge in [0.25, 0.3) is 0 Å². The lowest BCUT2D eigenvalue weighted by atomic mass is 9.76. The number of halogens is 1. The van der Waals surface area contributed by atoms with Gasteiger partial charge in [-0.15, -0.1) is 0 Å². The van der Waals surface area contributed by atoms with Crippen molar-refractivity contribution in [3.63, 3.8) is 0 Å². The summed E-state index contributed by atoms with van der Waals surface area (Å²) in [4.78, 5) is 54.5. The maximum atomic E-state index is 14.1. The van der Waals surface area contributed by atoms with E-state index in [1.807, 2.05) is 0 Å². The number of rotatable bonds is 9. The second-order valence-corrected chi connectivity index (χ2v) is 14.4. The van der Waals surface area contributed by atoms with Crippen LogP contribution in [-0.2, 0) is 19.1 Å². The van der Waals surface area contributed by atoms with Gasteiger partial charge in [0.1, 0.15) is 23.9 Å². The number of furan rings is 1. The third kappa shape index (κ3) is 8.46. The second kappa shape index (κ2) is 15.1. The number of ether oxygens (including phenoxy) is 2. The van der Waals surface area contributed by atoms with Gasteiger partial charge in [-0.3, -0.25) is 9.59 Å². The minimum atomic E-state index is -0.700. The highest BCUT2D eigenvalue weighted by Gasteiger charge is 2.47. The zero-order valence-electron chi connectivity index (χ0n) is 28.1. The molecular formula is C36H50FN3O7. The molecule has 3 aliphatic rings. The normalized spacial score (nSPS) is 24.5. The van der Waals surface area contributed by atoms with Crippen LogP contribution in [0.2, 0.25) is 0 Å². The second-order valence-electron chi connectivity index (χ2n) is 14.4. The fraction of sp³-hybridized carbons (Fsp3) is 0.667. The van der Waals surface area contributed by atoms with E-state index in [1.165, 1.54) is 6.42 Å². The first-order chi connectivity index (χ1) is 22.5. The Hall–Kier alpha value is -3.63. The van der Waals surface area contributed by atoms with Crippen molar-refractivity contribution in [1.29, 1.82) is 0 Å². The van der Waals surface area contributed by atoms with Crippen LogP contribution in [0.4, 0.5) is 14.9 Å². The average molecular weight is 656 g/mol. The Morgan fingerprint density at radius 2 is 1.72 bits per heavy atom. The number of hydrogen-bond acceptors (Lipinski definition) is 7. The number of alkyl halides is 1. The lowest BCUT2D eigenvalue weighted by Crippen LogP contribution is -2.50. The van der Waals surface area contributed by atoms with Crippen molar-refractivity contribution in [3.05, 3.63) is 30.0 Å². The van der Waals surface area contributed by atoms with E-state index in [0.717, 1.165) is 32.1 Å². The monoisotopic (exact) mass is 655 g/mol. The van der Waals surface area contributed by atoms with E-state index in [9.17, 15) is 23.6 Å². The Labute approximate surface area is 276 Å². The Bertz CT molecular complexity index is 1420. The summed E-state index contributed by atoms with van der Waals surface area (Å²) < 4.78 is 30.0. The molecule has 3 fully saturated rings. The molecule has 47 heavy (non-hydrogen) atoms. The van der Waals surface area contributed by atoms with Gasteiger partial charge >= 0.3 is 12.1 Å². The molecule has 1 unspecified atom stereocenters. The number of fused-ring (bicyclic) bond motifs is 1. The fourth-order valence-electron chi connectivity index (χ4n) is 7.84. The minimum Gasteiger partial charge on any atom is -0.460 e. The predicted molar refractivity (Wildman–Crippen MR) is 176 cm³/mol. The molecular weight excluding hydrogens is 605 g/mol. The number of nitrogens with zero attached hydrogens (tertiary/aromatic N) is 1. The molecule has 10 nitrogen and oxygen atoms in total. The minimum absolute atomic E-state index is 0.0109. The molecule has 2 saturated carbocycles. The highest BCUT2D eigenvalue weighted by atomic mass is 19.1. The molecule has 2 N–H and O–H groups in total. The van der Waals surface area contributed by atoms with Crippen LogP contribution in [-0.4, -0.2) is 66.3 Å². The molecule has 11 heteroatoms. The average Bonchev–Trinajstić information content (AvgIpc) is 3.68. The van der Waals surface area contributed by atoms with Crippen molar-refractivity contribution in [1.82, 2.24) is 10.2 Å². The molecule has 1 aromatic carbocycles.